The molecule has 0 heterocycles. The molecule has 3 nitrogen and oxygen atoms in total. The molecular formula is C8H18O3. The molecule has 0 aliphatic carbocycles. The van der Waals surface area contributed by atoms with Crippen LogP contribution in [0.15, 0.2) is 0 Å². The van der Waals surface area contributed by atoms with E-state index >= 15 is 0 Å². The van der Waals surface area contributed by atoms with Gasteiger partial charge in [-0.1, -0.05) is 0 Å². The SMILES string of the molecule is COC(C)C(C)(O)C(C)OC. The van der Waals surface area contributed by atoms with Gasteiger partial charge in [-0.2, -0.15) is 0 Å². The van der Waals surface area contributed by atoms with E-state index in [0.29, 0.717) is 0 Å². The summed E-state index contributed by atoms with van der Waals surface area (Å²) in [5, 5.41) is 9.80. The van der Waals surface area contributed by atoms with Crippen LogP contribution in [0.3, 0.4) is 0 Å². The first kappa shape index (κ1) is 10.9. The molecule has 0 aromatic heterocycles. The molecule has 0 saturated heterocycles. The van der Waals surface area contributed by atoms with Gasteiger partial charge in [0.05, 0.1) is 12.2 Å². The molecule has 0 spiro atoms. The summed E-state index contributed by atoms with van der Waals surface area (Å²) < 4.78 is 10.0. The van der Waals surface area contributed by atoms with E-state index in [1.54, 1.807) is 21.1 Å². The van der Waals surface area contributed by atoms with E-state index < -0.39 is 5.60 Å². The van der Waals surface area contributed by atoms with E-state index in [-0.39, 0.29) is 12.2 Å². The van der Waals surface area contributed by atoms with Gasteiger partial charge in [0.15, 0.2) is 0 Å². The van der Waals surface area contributed by atoms with Gasteiger partial charge in [0, 0.05) is 14.2 Å². The quantitative estimate of drug-likeness (QED) is 0.664. The molecule has 0 bridgehead atoms. The highest BCUT2D eigenvalue weighted by Gasteiger charge is 2.34. The van der Waals surface area contributed by atoms with Crippen LogP contribution in [0.5, 0.6) is 0 Å². The molecule has 0 aliphatic rings. The summed E-state index contributed by atoms with van der Waals surface area (Å²) in [7, 11) is 3.14. The predicted molar refractivity (Wildman–Crippen MR) is 43.6 cm³/mol. The first-order valence-electron chi connectivity index (χ1n) is 3.74. The van der Waals surface area contributed by atoms with Crippen LogP contribution in [-0.4, -0.2) is 37.1 Å². The molecule has 2 atom stereocenters. The van der Waals surface area contributed by atoms with Crippen LogP contribution in [0, 0.1) is 0 Å². The zero-order chi connectivity index (χ0) is 9.07. The Balaban J connectivity index is 4.18. The molecule has 0 radical (unpaired) electrons. The monoisotopic (exact) mass is 162 g/mol. The Bertz CT molecular complexity index is 99.9. The maximum Gasteiger partial charge on any atom is 0.113 e. The fourth-order valence-electron chi connectivity index (χ4n) is 0.808. The molecule has 0 fully saturated rings. The zero-order valence-corrected chi connectivity index (χ0v) is 7.92. The standard InChI is InChI=1S/C8H18O3/c1-6(10-4)8(3,9)7(2)11-5/h6-7,9H,1-5H3. The summed E-state index contributed by atoms with van der Waals surface area (Å²) in [6.07, 6.45) is -0.449. The van der Waals surface area contributed by atoms with Gasteiger partial charge in [0.25, 0.3) is 0 Å². The maximum absolute atomic E-state index is 9.80. The van der Waals surface area contributed by atoms with Crippen LogP contribution in [0.25, 0.3) is 0 Å². The van der Waals surface area contributed by atoms with Crippen molar-refractivity contribution >= 4 is 0 Å². The fourth-order valence-corrected chi connectivity index (χ4v) is 0.808. The van der Waals surface area contributed by atoms with Gasteiger partial charge in [-0.25, -0.2) is 0 Å². The molecule has 0 rings (SSSR count). The van der Waals surface area contributed by atoms with Crippen molar-refractivity contribution in [2.45, 2.75) is 38.6 Å². The van der Waals surface area contributed by atoms with Crippen molar-refractivity contribution in [3.63, 3.8) is 0 Å². The number of aliphatic hydroxyl groups is 1. The highest BCUT2D eigenvalue weighted by molar-refractivity contribution is 4.85. The lowest BCUT2D eigenvalue weighted by atomic mass is 9.94. The Labute approximate surface area is 68.3 Å². The second-order valence-corrected chi connectivity index (χ2v) is 2.98. The Morgan fingerprint density at radius 2 is 1.36 bits per heavy atom. The van der Waals surface area contributed by atoms with E-state index in [1.165, 1.54) is 0 Å². The summed E-state index contributed by atoms with van der Waals surface area (Å²) in [5.74, 6) is 0. The molecule has 0 amide bonds. The van der Waals surface area contributed by atoms with Crippen LogP contribution in [0.4, 0.5) is 0 Å². The number of rotatable bonds is 4. The lowest BCUT2D eigenvalue weighted by Crippen LogP contribution is -2.48. The number of methoxy groups -OCH3 is 2. The van der Waals surface area contributed by atoms with E-state index in [9.17, 15) is 5.11 Å². The predicted octanol–water partition coefficient (Wildman–Crippen LogP) is 0.807. The van der Waals surface area contributed by atoms with Gasteiger partial charge in [0.2, 0.25) is 0 Å². The summed E-state index contributed by atoms with van der Waals surface area (Å²) in [5.41, 5.74) is -0.927. The Morgan fingerprint density at radius 1 is 1.09 bits per heavy atom. The van der Waals surface area contributed by atoms with Gasteiger partial charge in [0.1, 0.15) is 5.60 Å². The van der Waals surface area contributed by atoms with E-state index in [2.05, 4.69) is 0 Å². The van der Waals surface area contributed by atoms with Crippen molar-refractivity contribution in [1.82, 2.24) is 0 Å². The zero-order valence-electron chi connectivity index (χ0n) is 7.92. The van der Waals surface area contributed by atoms with Crippen molar-refractivity contribution in [2.75, 3.05) is 14.2 Å². The summed E-state index contributed by atoms with van der Waals surface area (Å²) in [4.78, 5) is 0. The summed E-state index contributed by atoms with van der Waals surface area (Å²) >= 11 is 0. The average molecular weight is 162 g/mol. The molecule has 2 unspecified atom stereocenters. The molecule has 1 N–H and O–H groups in total. The van der Waals surface area contributed by atoms with Crippen molar-refractivity contribution in [1.29, 1.82) is 0 Å². The van der Waals surface area contributed by atoms with Gasteiger partial charge >= 0.3 is 0 Å². The molecule has 3 heteroatoms. The molecule has 68 valence electrons. The van der Waals surface area contributed by atoms with Gasteiger partial charge < -0.3 is 14.6 Å². The molecule has 11 heavy (non-hydrogen) atoms. The van der Waals surface area contributed by atoms with Crippen molar-refractivity contribution < 1.29 is 14.6 Å². The Morgan fingerprint density at radius 3 is 1.55 bits per heavy atom. The van der Waals surface area contributed by atoms with Crippen LogP contribution >= 0.6 is 0 Å². The number of ether oxygens (including phenoxy) is 2. The number of hydrogen-bond acceptors (Lipinski definition) is 3. The van der Waals surface area contributed by atoms with E-state index in [1.807, 2.05) is 13.8 Å². The minimum Gasteiger partial charge on any atom is -0.385 e. The third-order valence-electron chi connectivity index (χ3n) is 2.35. The van der Waals surface area contributed by atoms with Crippen LogP contribution in [0.2, 0.25) is 0 Å². The maximum atomic E-state index is 9.80. The van der Waals surface area contributed by atoms with Gasteiger partial charge in [-0.3, -0.25) is 0 Å². The molecule has 0 aliphatic heterocycles. The largest absolute Gasteiger partial charge is 0.385 e. The minimum absolute atomic E-state index is 0.225. The lowest BCUT2D eigenvalue weighted by molar-refractivity contribution is -0.143. The molecular weight excluding hydrogens is 144 g/mol. The topological polar surface area (TPSA) is 38.7 Å². The fraction of sp³-hybridized carbons (Fsp3) is 1.00. The highest BCUT2D eigenvalue weighted by Crippen LogP contribution is 2.18. The second-order valence-electron chi connectivity index (χ2n) is 2.98. The van der Waals surface area contributed by atoms with Crippen LogP contribution < -0.4 is 0 Å². The average Bonchev–Trinajstić information content (AvgIpc) is 2.01. The first-order valence-corrected chi connectivity index (χ1v) is 3.74. The minimum atomic E-state index is -0.927. The highest BCUT2D eigenvalue weighted by atomic mass is 16.5. The molecule has 0 aromatic rings. The summed E-state index contributed by atoms with van der Waals surface area (Å²) in [6, 6.07) is 0. The van der Waals surface area contributed by atoms with Crippen LogP contribution in [-0.2, 0) is 9.47 Å². The van der Waals surface area contributed by atoms with Crippen LogP contribution in [0.1, 0.15) is 20.8 Å². The smallest absolute Gasteiger partial charge is 0.113 e. The van der Waals surface area contributed by atoms with Gasteiger partial charge in [-0.05, 0) is 20.8 Å². The lowest BCUT2D eigenvalue weighted by Gasteiger charge is -2.33. The second kappa shape index (κ2) is 4.04. The normalized spacial score (nSPS) is 22.4. The Kier molecular flexibility index (Phi) is 4.00. The number of hydrogen-bond donors (Lipinski definition) is 1. The Hall–Kier alpha value is -0.120. The first-order chi connectivity index (χ1) is 4.96. The van der Waals surface area contributed by atoms with E-state index in [4.69, 9.17) is 9.47 Å². The third-order valence-corrected chi connectivity index (χ3v) is 2.35. The third kappa shape index (κ3) is 2.43. The van der Waals surface area contributed by atoms with Gasteiger partial charge in [-0.15, -0.1) is 0 Å². The molecule has 0 saturated carbocycles. The van der Waals surface area contributed by atoms with Crippen molar-refractivity contribution in [3.05, 3.63) is 0 Å². The van der Waals surface area contributed by atoms with Crippen molar-refractivity contribution in [2.24, 2.45) is 0 Å². The summed E-state index contributed by atoms with van der Waals surface area (Å²) in [6.45, 7) is 5.33. The van der Waals surface area contributed by atoms with E-state index in [0.717, 1.165) is 0 Å². The van der Waals surface area contributed by atoms with Crippen molar-refractivity contribution in [3.8, 4) is 0 Å². The molecule has 0 aromatic carbocycles.